The van der Waals surface area contributed by atoms with Gasteiger partial charge in [0, 0.05) is 37.8 Å². The number of carbonyl (C=O) groups is 1. The summed E-state index contributed by atoms with van der Waals surface area (Å²) in [7, 11) is 0. The SMILES string of the molecule is CC(C)(C)c1ccc(-n2ncc3c(NC(=O)c4ccc([N+](=O)[O-])s4)nc(N4CCN(C(C)(C)C)CC4)nc32)cc1. The normalized spacial score (nSPS) is 15.0. The van der Waals surface area contributed by atoms with E-state index in [0.29, 0.717) is 22.8 Å². The summed E-state index contributed by atoms with van der Waals surface area (Å²) in [5, 5.41) is 19.1. The van der Waals surface area contributed by atoms with Crippen molar-refractivity contribution in [3.05, 3.63) is 63.1 Å². The smallest absolute Gasteiger partial charge is 0.324 e. The molecule has 3 aromatic heterocycles. The highest BCUT2D eigenvalue weighted by Gasteiger charge is 2.28. The highest BCUT2D eigenvalue weighted by Crippen LogP contribution is 2.30. The molecule has 0 unspecified atom stereocenters. The van der Waals surface area contributed by atoms with E-state index in [-0.39, 0.29) is 20.8 Å². The molecule has 40 heavy (non-hydrogen) atoms. The molecule has 12 heteroatoms. The number of nitrogens with zero attached hydrogens (tertiary/aromatic N) is 7. The van der Waals surface area contributed by atoms with Crippen molar-refractivity contribution in [3.8, 4) is 5.69 Å². The highest BCUT2D eigenvalue weighted by molar-refractivity contribution is 7.17. The minimum atomic E-state index is -0.505. The fraction of sp³-hybridized carbons (Fsp3) is 0.429. The monoisotopic (exact) mass is 562 g/mol. The van der Waals surface area contributed by atoms with Gasteiger partial charge in [0.05, 0.1) is 27.1 Å². The van der Waals surface area contributed by atoms with Crippen LogP contribution in [0.2, 0.25) is 0 Å². The van der Waals surface area contributed by atoms with Gasteiger partial charge in [0.15, 0.2) is 5.65 Å². The zero-order chi connectivity index (χ0) is 28.8. The topological polar surface area (TPSA) is 122 Å². The van der Waals surface area contributed by atoms with Crippen molar-refractivity contribution in [3.63, 3.8) is 0 Å². The molecule has 1 fully saturated rings. The van der Waals surface area contributed by atoms with Gasteiger partial charge in [0.1, 0.15) is 5.82 Å². The molecule has 0 radical (unpaired) electrons. The minimum Gasteiger partial charge on any atom is -0.338 e. The van der Waals surface area contributed by atoms with Gasteiger partial charge < -0.3 is 10.2 Å². The van der Waals surface area contributed by atoms with Crippen LogP contribution >= 0.6 is 11.3 Å². The lowest BCUT2D eigenvalue weighted by Gasteiger charge is -2.42. The summed E-state index contributed by atoms with van der Waals surface area (Å²) in [6.45, 7) is 16.3. The molecule has 1 amide bonds. The third kappa shape index (κ3) is 5.54. The van der Waals surface area contributed by atoms with Crippen molar-refractivity contribution < 1.29 is 9.72 Å². The van der Waals surface area contributed by atoms with Crippen LogP contribution in [-0.2, 0) is 5.41 Å². The van der Waals surface area contributed by atoms with Crippen LogP contribution in [0.25, 0.3) is 16.7 Å². The number of carbonyl (C=O) groups excluding carboxylic acids is 1. The van der Waals surface area contributed by atoms with Crippen molar-refractivity contribution in [2.45, 2.75) is 52.5 Å². The Morgan fingerprint density at radius 3 is 2.23 bits per heavy atom. The van der Waals surface area contributed by atoms with Gasteiger partial charge >= 0.3 is 5.00 Å². The Bertz CT molecular complexity index is 1560. The maximum Gasteiger partial charge on any atom is 0.324 e. The van der Waals surface area contributed by atoms with Gasteiger partial charge in [-0.2, -0.15) is 15.1 Å². The second-order valence-corrected chi connectivity index (χ2v) is 13.0. The van der Waals surface area contributed by atoms with Gasteiger partial charge in [0.25, 0.3) is 5.91 Å². The lowest BCUT2D eigenvalue weighted by Crippen LogP contribution is -2.53. The summed E-state index contributed by atoms with van der Waals surface area (Å²) in [5.74, 6) is 0.349. The number of benzene rings is 1. The van der Waals surface area contributed by atoms with Crippen LogP contribution in [0.4, 0.5) is 16.8 Å². The number of nitrogens with one attached hydrogen (secondary N) is 1. The number of piperazine rings is 1. The lowest BCUT2D eigenvalue weighted by atomic mass is 9.87. The number of rotatable bonds is 5. The Morgan fingerprint density at radius 2 is 1.65 bits per heavy atom. The Balaban J connectivity index is 1.54. The molecule has 0 atom stereocenters. The third-order valence-electron chi connectivity index (χ3n) is 7.13. The van der Waals surface area contributed by atoms with E-state index in [0.717, 1.165) is 43.2 Å². The van der Waals surface area contributed by atoms with Crippen molar-refractivity contribution in [2.24, 2.45) is 0 Å². The quantitative estimate of drug-likeness (QED) is 0.258. The maximum absolute atomic E-state index is 13.1. The Morgan fingerprint density at radius 1 is 0.975 bits per heavy atom. The number of amides is 1. The molecule has 1 aromatic carbocycles. The lowest BCUT2D eigenvalue weighted by molar-refractivity contribution is -0.380. The fourth-order valence-corrected chi connectivity index (χ4v) is 5.43. The van der Waals surface area contributed by atoms with Crippen LogP contribution in [0.15, 0.2) is 42.6 Å². The van der Waals surface area contributed by atoms with E-state index >= 15 is 0 Å². The molecular weight excluding hydrogens is 528 g/mol. The van der Waals surface area contributed by atoms with Crippen LogP contribution in [0.5, 0.6) is 0 Å². The highest BCUT2D eigenvalue weighted by atomic mass is 32.1. The molecule has 5 rings (SSSR count). The van der Waals surface area contributed by atoms with Crippen molar-refractivity contribution in [1.29, 1.82) is 0 Å². The summed E-state index contributed by atoms with van der Waals surface area (Å²) in [5.41, 5.74) is 2.70. The summed E-state index contributed by atoms with van der Waals surface area (Å²) in [4.78, 5) is 38.2. The average Bonchev–Trinajstić information content (AvgIpc) is 3.56. The van der Waals surface area contributed by atoms with E-state index in [1.165, 1.54) is 17.7 Å². The first-order chi connectivity index (χ1) is 18.8. The van der Waals surface area contributed by atoms with Crippen LogP contribution in [0.1, 0.15) is 56.8 Å². The average molecular weight is 563 g/mol. The molecule has 1 N–H and O–H groups in total. The number of anilines is 2. The Labute approximate surface area is 237 Å². The number of hydrogen-bond acceptors (Lipinski definition) is 9. The van der Waals surface area contributed by atoms with E-state index in [4.69, 9.17) is 9.97 Å². The third-order valence-corrected chi connectivity index (χ3v) is 8.17. The summed E-state index contributed by atoms with van der Waals surface area (Å²) in [6.07, 6.45) is 1.64. The molecule has 0 aliphatic carbocycles. The number of aromatic nitrogens is 4. The van der Waals surface area contributed by atoms with E-state index in [1.54, 1.807) is 10.9 Å². The molecule has 11 nitrogen and oxygen atoms in total. The summed E-state index contributed by atoms with van der Waals surface area (Å²) < 4.78 is 1.75. The van der Waals surface area contributed by atoms with Crippen LogP contribution < -0.4 is 10.2 Å². The minimum absolute atomic E-state index is 0.0174. The fourth-order valence-electron chi connectivity index (χ4n) is 4.72. The van der Waals surface area contributed by atoms with Gasteiger partial charge in [-0.25, -0.2) is 4.68 Å². The molecule has 4 aromatic rings. The van der Waals surface area contributed by atoms with Crippen molar-refractivity contribution >= 4 is 45.0 Å². The molecule has 0 bridgehead atoms. The number of fused-ring (bicyclic) bond motifs is 1. The molecule has 0 spiro atoms. The second kappa shape index (κ2) is 10.3. The zero-order valence-electron chi connectivity index (χ0n) is 23.6. The second-order valence-electron chi connectivity index (χ2n) is 12.0. The molecule has 4 heterocycles. The first-order valence-corrected chi connectivity index (χ1v) is 14.1. The first kappa shape index (κ1) is 27.7. The standard InChI is InChI=1S/C28H34N8O3S/c1-27(2,3)18-7-9-19(10-8-18)35-24-20(17-29-35)23(30-25(37)21-11-12-22(40-21)36(38)39)31-26(32-24)33-13-15-34(16-14-33)28(4,5)6/h7-12,17H,13-16H2,1-6H3,(H,30,31,32,37). The van der Waals surface area contributed by atoms with Gasteiger partial charge in [-0.1, -0.05) is 44.2 Å². The molecular formula is C28H34N8O3S. The Kier molecular flexibility index (Phi) is 7.09. The van der Waals surface area contributed by atoms with E-state index in [2.05, 4.69) is 73.9 Å². The molecule has 1 saturated heterocycles. The molecule has 1 aliphatic heterocycles. The van der Waals surface area contributed by atoms with Crippen LogP contribution in [-0.4, -0.2) is 67.2 Å². The number of hydrogen-bond donors (Lipinski definition) is 1. The van der Waals surface area contributed by atoms with Gasteiger partial charge in [-0.05, 0) is 49.9 Å². The molecule has 210 valence electrons. The predicted molar refractivity (Wildman–Crippen MR) is 158 cm³/mol. The maximum atomic E-state index is 13.1. The molecule has 0 saturated carbocycles. The zero-order valence-corrected chi connectivity index (χ0v) is 24.4. The number of thiophene rings is 1. The largest absolute Gasteiger partial charge is 0.338 e. The van der Waals surface area contributed by atoms with Gasteiger partial charge in [0.2, 0.25) is 5.95 Å². The first-order valence-electron chi connectivity index (χ1n) is 13.2. The summed E-state index contributed by atoms with van der Waals surface area (Å²) in [6, 6.07) is 11.0. The van der Waals surface area contributed by atoms with Crippen LogP contribution in [0.3, 0.4) is 0 Å². The summed E-state index contributed by atoms with van der Waals surface area (Å²) >= 11 is 0.822. The predicted octanol–water partition coefficient (Wildman–Crippen LogP) is 5.26. The van der Waals surface area contributed by atoms with E-state index < -0.39 is 10.8 Å². The van der Waals surface area contributed by atoms with Gasteiger partial charge in [-0.3, -0.25) is 19.8 Å². The van der Waals surface area contributed by atoms with Crippen molar-refractivity contribution in [2.75, 3.05) is 36.4 Å². The Hall–Kier alpha value is -3.90. The molecule has 1 aliphatic rings. The van der Waals surface area contributed by atoms with E-state index in [9.17, 15) is 14.9 Å². The van der Waals surface area contributed by atoms with Crippen LogP contribution in [0, 0.1) is 10.1 Å². The van der Waals surface area contributed by atoms with Gasteiger partial charge in [-0.15, -0.1) is 0 Å². The van der Waals surface area contributed by atoms with E-state index in [1.807, 2.05) is 12.1 Å². The van der Waals surface area contributed by atoms with Crippen molar-refractivity contribution in [1.82, 2.24) is 24.6 Å². The number of nitro groups is 1.